The molecule has 0 aliphatic rings. The second-order valence-corrected chi connectivity index (χ2v) is 5.72. The van der Waals surface area contributed by atoms with Crippen LogP contribution in [0.3, 0.4) is 0 Å². The number of hydrogen-bond acceptors (Lipinski definition) is 5. The molecule has 3 aromatic rings. The van der Waals surface area contributed by atoms with E-state index in [9.17, 15) is 0 Å². The second kappa shape index (κ2) is 7.17. The Balaban J connectivity index is 1.68. The highest BCUT2D eigenvalue weighted by Gasteiger charge is 2.13. The molecule has 3 rings (SSSR count). The van der Waals surface area contributed by atoms with Gasteiger partial charge in [0.25, 0.3) is 5.89 Å². The van der Waals surface area contributed by atoms with E-state index in [-0.39, 0.29) is 6.61 Å². The van der Waals surface area contributed by atoms with Crippen molar-refractivity contribution in [3.63, 3.8) is 0 Å². The molecule has 0 unspecified atom stereocenters. The number of rotatable bonds is 6. The zero-order valence-electron chi connectivity index (χ0n) is 14.0. The van der Waals surface area contributed by atoms with Gasteiger partial charge in [-0.25, -0.2) is 0 Å². The van der Waals surface area contributed by atoms with Gasteiger partial charge in [0.15, 0.2) is 6.61 Å². The average Bonchev–Trinajstić information content (AvgIpc) is 3.09. The first kappa shape index (κ1) is 16.1. The lowest BCUT2D eigenvalue weighted by molar-refractivity contribution is 0.243. The molecule has 5 heteroatoms. The van der Waals surface area contributed by atoms with Gasteiger partial charge < -0.3 is 14.0 Å². The van der Waals surface area contributed by atoms with E-state index in [1.807, 2.05) is 36.4 Å². The fourth-order valence-electron chi connectivity index (χ4n) is 2.35. The van der Waals surface area contributed by atoms with Gasteiger partial charge in [0.2, 0.25) is 5.82 Å². The van der Waals surface area contributed by atoms with Crippen LogP contribution in [-0.4, -0.2) is 17.3 Å². The maximum absolute atomic E-state index is 5.71. The van der Waals surface area contributed by atoms with Crippen LogP contribution in [0.2, 0.25) is 0 Å². The van der Waals surface area contributed by atoms with Crippen LogP contribution < -0.4 is 9.47 Å². The van der Waals surface area contributed by atoms with E-state index in [2.05, 4.69) is 36.1 Å². The zero-order chi connectivity index (χ0) is 16.9. The molecule has 0 fully saturated rings. The van der Waals surface area contributed by atoms with Crippen LogP contribution in [0.15, 0.2) is 53.1 Å². The lowest BCUT2D eigenvalue weighted by Gasteiger charge is -2.07. The number of nitrogens with zero attached hydrogens (tertiary/aromatic N) is 2. The summed E-state index contributed by atoms with van der Waals surface area (Å²) in [6.45, 7) is 4.55. The Morgan fingerprint density at radius 1 is 1.04 bits per heavy atom. The maximum atomic E-state index is 5.71. The van der Waals surface area contributed by atoms with E-state index < -0.39 is 0 Å². The fourth-order valence-corrected chi connectivity index (χ4v) is 2.35. The lowest BCUT2D eigenvalue weighted by Crippen LogP contribution is -1.96. The van der Waals surface area contributed by atoms with Gasteiger partial charge in [-0.3, -0.25) is 0 Å². The standard InChI is InChI=1S/C19H20N2O3/c1-13(2)14-8-10-15(11-9-14)23-12-18-20-19(21-24-18)16-6-4-5-7-17(16)22-3/h4-11,13H,12H2,1-3H3. The molecule has 0 aliphatic heterocycles. The van der Waals surface area contributed by atoms with Crippen molar-refractivity contribution in [1.29, 1.82) is 0 Å². The molecule has 1 heterocycles. The van der Waals surface area contributed by atoms with Gasteiger partial charge in [-0.15, -0.1) is 0 Å². The van der Waals surface area contributed by atoms with Gasteiger partial charge in [-0.2, -0.15) is 4.98 Å². The van der Waals surface area contributed by atoms with Crippen LogP contribution in [0.25, 0.3) is 11.4 Å². The van der Waals surface area contributed by atoms with Crippen LogP contribution in [-0.2, 0) is 6.61 Å². The van der Waals surface area contributed by atoms with Gasteiger partial charge in [-0.1, -0.05) is 43.3 Å². The largest absolute Gasteiger partial charge is 0.496 e. The highest BCUT2D eigenvalue weighted by molar-refractivity contribution is 5.63. The Kier molecular flexibility index (Phi) is 4.79. The van der Waals surface area contributed by atoms with Gasteiger partial charge in [-0.05, 0) is 35.7 Å². The van der Waals surface area contributed by atoms with Gasteiger partial charge in [0, 0.05) is 0 Å². The van der Waals surface area contributed by atoms with Crippen molar-refractivity contribution < 1.29 is 14.0 Å². The minimum Gasteiger partial charge on any atom is -0.496 e. The summed E-state index contributed by atoms with van der Waals surface area (Å²) in [6.07, 6.45) is 0. The molecule has 2 aromatic carbocycles. The maximum Gasteiger partial charge on any atom is 0.264 e. The first-order chi connectivity index (χ1) is 11.7. The quantitative estimate of drug-likeness (QED) is 0.670. The van der Waals surface area contributed by atoms with E-state index in [0.717, 1.165) is 11.3 Å². The Morgan fingerprint density at radius 3 is 2.50 bits per heavy atom. The molecular weight excluding hydrogens is 304 g/mol. The smallest absolute Gasteiger partial charge is 0.264 e. The molecule has 0 saturated carbocycles. The first-order valence-electron chi connectivity index (χ1n) is 7.86. The first-order valence-corrected chi connectivity index (χ1v) is 7.86. The molecule has 0 spiro atoms. The zero-order valence-corrected chi connectivity index (χ0v) is 14.0. The van der Waals surface area contributed by atoms with Crippen molar-refractivity contribution in [3.05, 3.63) is 60.0 Å². The molecule has 0 radical (unpaired) electrons. The number of methoxy groups -OCH3 is 1. The Bertz CT molecular complexity index is 794. The summed E-state index contributed by atoms with van der Waals surface area (Å²) in [5.41, 5.74) is 2.06. The van der Waals surface area contributed by atoms with E-state index in [1.165, 1.54) is 5.56 Å². The molecule has 5 nitrogen and oxygen atoms in total. The normalized spacial score (nSPS) is 10.8. The van der Waals surface area contributed by atoms with Crippen molar-refractivity contribution in [2.75, 3.05) is 7.11 Å². The summed E-state index contributed by atoms with van der Waals surface area (Å²) in [5, 5.41) is 4.00. The monoisotopic (exact) mass is 324 g/mol. The highest BCUT2D eigenvalue weighted by atomic mass is 16.5. The third kappa shape index (κ3) is 3.56. The van der Waals surface area contributed by atoms with Crippen LogP contribution in [0.1, 0.15) is 31.2 Å². The summed E-state index contributed by atoms with van der Waals surface area (Å²) in [5.74, 6) is 2.88. The molecule has 0 saturated heterocycles. The van der Waals surface area contributed by atoms with E-state index >= 15 is 0 Å². The Hall–Kier alpha value is -2.82. The molecule has 0 bridgehead atoms. The van der Waals surface area contributed by atoms with E-state index in [0.29, 0.717) is 23.4 Å². The third-order valence-electron chi connectivity index (χ3n) is 3.73. The number of benzene rings is 2. The fraction of sp³-hybridized carbons (Fsp3) is 0.263. The molecule has 0 amide bonds. The Labute approximate surface area is 141 Å². The third-order valence-corrected chi connectivity index (χ3v) is 3.73. The van der Waals surface area contributed by atoms with Crippen molar-refractivity contribution in [3.8, 4) is 22.9 Å². The predicted molar refractivity (Wildman–Crippen MR) is 91.1 cm³/mol. The average molecular weight is 324 g/mol. The minimum absolute atomic E-state index is 0.225. The molecule has 24 heavy (non-hydrogen) atoms. The topological polar surface area (TPSA) is 57.4 Å². The van der Waals surface area contributed by atoms with Crippen LogP contribution >= 0.6 is 0 Å². The SMILES string of the molecule is COc1ccccc1-c1noc(COc2ccc(C(C)C)cc2)n1. The number of ether oxygens (including phenoxy) is 2. The van der Waals surface area contributed by atoms with E-state index in [1.54, 1.807) is 7.11 Å². The molecule has 124 valence electrons. The van der Waals surface area contributed by atoms with Gasteiger partial charge >= 0.3 is 0 Å². The molecule has 0 aliphatic carbocycles. The van der Waals surface area contributed by atoms with Crippen molar-refractivity contribution in [2.45, 2.75) is 26.4 Å². The van der Waals surface area contributed by atoms with Crippen molar-refractivity contribution >= 4 is 0 Å². The lowest BCUT2D eigenvalue weighted by atomic mass is 10.0. The molecule has 0 N–H and O–H groups in total. The summed E-state index contributed by atoms with van der Waals surface area (Å²) in [6, 6.07) is 15.6. The van der Waals surface area contributed by atoms with E-state index in [4.69, 9.17) is 14.0 Å². The molecule has 0 atom stereocenters. The number of aromatic nitrogens is 2. The molecular formula is C19H20N2O3. The van der Waals surface area contributed by atoms with Crippen molar-refractivity contribution in [2.24, 2.45) is 0 Å². The number of hydrogen-bond donors (Lipinski definition) is 0. The second-order valence-electron chi connectivity index (χ2n) is 5.72. The van der Waals surface area contributed by atoms with Gasteiger partial charge in [0.1, 0.15) is 11.5 Å². The summed E-state index contributed by atoms with van der Waals surface area (Å²) in [7, 11) is 1.61. The minimum atomic E-state index is 0.225. The Morgan fingerprint density at radius 2 is 1.79 bits per heavy atom. The van der Waals surface area contributed by atoms with Gasteiger partial charge in [0.05, 0.1) is 12.7 Å². The van der Waals surface area contributed by atoms with Crippen molar-refractivity contribution in [1.82, 2.24) is 10.1 Å². The number of para-hydroxylation sites is 1. The molecule has 1 aromatic heterocycles. The van der Waals surface area contributed by atoms with Crippen LogP contribution in [0.4, 0.5) is 0 Å². The highest BCUT2D eigenvalue weighted by Crippen LogP contribution is 2.27. The summed E-state index contributed by atoms with van der Waals surface area (Å²) < 4.78 is 16.3. The predicted octanol–water partition coefficient (Wildman–Crippen LogP) is 4.45. The van der Waals surface area contributed by atoms with Crippen LogP contribution in [0, 0.1) is 0 Å². The van der Waals surface area contributed by atoms with Crippen LogP contribution in [0.5, 0.6) is 11.5 Å². The summed E-state index contributed by atoms with van der Waals surface area (Å²) >= 11 is 0. The summed E-state index contributed by atoms with van der Waals surface area (Å²) in [4.78, 5) is 4.37.